The van der Waals surface area contributed by atoms with Crippen LogP contribution in [0, 0.1) is 0 Å². The standard InChI is InChI=1S/C17H24Cl2N2O3S/c1-2-3-4-5-6-7-8-9-10-21-17(22)20-15-12-13(18)11-14(19)16(15)25(21,23)24/h11-12H,2-10H2,1H3,(H,20,22). The summed E-state index contributed by atoms with van der Waals surface area (Å²) in [5, 5.41) is 2.85. The van der Waals surface area contributed by atoms with Crippen LogP contribution < -0.4 is 5.32 Å². The monoisotopic (exact) mass is 406 g/mol. The van der Waals surface area contributed by atoms with E-state index in [-0.39, 0.29) is 27.2 Å². The highest BCUT2D eigenvalue weighted by atomic mass is 35.5. The van der Waals surface area contributed by atoms with Crippen LogP contribution in [0.1, 0.15) is 58.3 Å². The van der Waals surface area contributed by atoms with Gasteiger partial charge in [0.15, 0.2) is 0 Å². The average Bonchev–Trinajstić information content (AvgIpc) is 2.51. The number of hydrogen-bond acceptors (Lipinski definition) is 3. The Morgan fingerprint density at radius 3 is 2.24 bits per heavy atom. The zero-order valence-electron chi connectivity index (χ0n) is 14.4. The van der Waals surface area contributed by atoms with Crippen LogP contribution in [0.3, 0.4) is 0 Å². The Morgan fingerprint density at radius 1 is 1.00 bits per heavy atom. The predicted octanol–water partition coefficient (Wildman–Crippen LogP) is 5.67. The lowest BCUT2D eigenvalue weighted by atomic mass is 10.1. The Labute approximate surface area is 159 Å². The number of carbonyl (C=O) groups excluding carboxylic acids is 1. The van der Waals surface area contributed by atoms with Crippen molar-refractivity contribution in [3.8, 4) is 0 Å². The molecular weight excluding hydrogens is 383 g/mol. The second kappa shape index (κ2) is 9.10. The second-order valence-corrected chi connectivity index (χ2v) is 8.89. The molecule has 0 unspecified atom stereocenters. The number of anilines is 1. The van der Waals surface area contributed by atoms with Crippen LogP contribution in [0.5, 0.6) is 0 Å². The normalized spacial score (nSPS) is 15.8. The number of carbonyl (C=O) groups is 1. The van der Waals surface area contributed by atoms with Crippen molar-refractivity contribution in [2.75, 3.05) is 11.9 Å². The van der Waals surface area contributed by atoms with E-state index in [4.69, 9.17) is 23.2 Å². The third kappa shape index (κ3) is 5.02. The van der Waals surface area contributed by atoms with Gasteiger partial charge in [0.25, 0.3) is 10.0 Å². The fraction of sp³-hybridized carbons (Fsp3) is 0.588. The Kier molecular flexibility index (Phi) is 7.40. The number of nitrogens with zero attached hydrogens (tertiary/aromatic N) is 1. The molecule has 1 aromatic rings. The molecule has 2 rings (SSSR count). The average molecular weight is 407 g/mol. The number of hydrogen-bond donors (Lipinski definition) is 1. The van der Waals surface area contributed by atoms with Crippen LogP contribution >= 0.6 is 23.2 Å². The van der Waals surface area contributed by atoms with Gasteiger partial charge in [-0.05, 0) is 18.6 Å². The zero-order chi connectivity index (χ0) is 18.4. The summed E-state index contributed by atoms with van der Waals surface area (Å²) in [7, 11) is -3.95. The molecule has 0 saturated heterocycles. The van der Waals surface area contributed by atoms with E-state index in [1.54, 1.807) is 0 Å². The Hall–Kier alpha value is -0.980. The number of halogens is 2. The fourth-order valence-electron chi connectivity index (χ4n) is 2.92. The molecule has 5 nitrogen and oxygen atoms in total. The maximum atomic E-state index is 12.7. The van der Waals surface area contributed by atoms with Crippen molar-refractivity contribution in [2.45, 2.75) is 63.2 Å². The Balaban J connectivity index is 1.95. The quantitative estimate of drug-likeness (QED) is 0.537. The van der Waals surface area contributed by atoms with Crippen molar-refractivity contribution in [1.29, 1.82) is 0 Å². The van der Waals surface area contributed by atoms with E-state index in [9.17, 15) is 13.2 Å². The molecule has 0 fully saturated rings. The minimum atomic E-state index is -3.95. The molecule has 8 heteroatoms. The van der Waals surface area contributed by atoms with E-state index in [1.807, 2.05) is 0 Å². The van der Waals surface area contributed by atoms with Gasteiger partial charge in [0.2, 0.25) is 0 Å². The van der Waals surface area contributed by atoms with E-state index in [0.29, 0.717) is 6.42 Å². The van der Waals surface area contributed by atoms with E-state index in [0.717, 1.165) is 23.6 Å². The number of amides is 2. The summed E-state index contributed by atoms with van der Waals surface area (Å²) >= 11 is 11.9. The number of urea groups is 1. The highest BCUT2D eigenvalue weighted by molar-refractivity contribution is 7.90. The zero-order valence-corrected chi connectivity index (χ0v) is 16.7. The molecule has 0 aromatic heterocycles. The second-order valence-electron chi connectivity index (χ2n) is 6.25. The summed E-state index contributed by atoms with van der Waals surface area (Å²) < 4.78 is 26.3. The molecule has 1 aromatic carbocycles. The SMILES string of the molecule is CCCCCCCCCCN1C(=O)Nc2cc(Cl)cc(Cl)c2S1(=O)=O. The number of rotatable bonds is 9. The van der Waals surface area contributed by atoms with Crippen molar-refractivity contribution in [2.24, 2.45) is 0 Å². The van der Waals surface area contributed by atoms with E-state index in [2.05, 4.69) is 12.2 Å². The number of unbranched alkanes of at least 4 members (excludes halogenated alkanes) is 7. The molecule has 1 heterocycles. The molecule has 0 bridgehead atoms. The van der Waals surface area contributed by atoms with Crippen molar-refractivity contribution < 1.29 is 13.2 Å². The van der Waals surface area contributed by atoms with E-state index >= 15 is 0 Å². The fourth-order valence-corrected chi connectivity index (χ4v) is 5.26. The highest BCUT2D eigenvalue weighted by Gasteiger charge is 2.38. The molecule has 0 saturated carbocycles. The molecule has 2 amide bonds. The van der Waals surface area contributed by atoms with Crippen molar-refractivity contribution >= 4 is 44.9 Å². The van der Waals surface area contributed by atoms with Crippen LogP contribution in [0.15, 0.2) is 17.0 Å². The number of benzene rings is 1. The molecule has 0 aliphatic carbocycles. The van der Waals surface area contributed by atoms with Crippen LogP contribution in [0.25, 0.3) is 0 Å². The van der Waals surface area contributed by atoms with Crippen molar-refractivity contribution in [3.63, 3.8) is 0 Å². The first-order valence-electron chi connectivity index (χ1n) is 8.70. The van der Waals surface area contributed by atoms with Gasteiger partial charge >= 0.3 is 6.03 Å². The van der Waals surface area contributed by atoms with Gasteiger partial charge in [-0.2, -0.15) is 0 Å². The summed E-state index contributed by atoms with van der Waals surface area (Å²) in [5.74, 6) is 0. The van der Waals surface area contributed by atoms with Gasteiger partial charge in [0.1, 0.15) is 4.90 Å². The lowest BCUT2D eigenvalue weighted by Gasteiger charge is -2.29. The minimum absolute atomic E-state index is 0.0171. The summed E-state index contributed by atoms with van der Waals surface area (Å²) in [6, 6.07) is 2.10. The van der Waals surface area contributed by atoms with Crippen LogP contribution in [-0.4, -0.2) is 25.3 Å². The van der Waals surface area contributed by atoms with Gasteiger partial charge in [-0.25, -0.2) is 17.5 Å². The molecule has 0 atom stereocenters. The van der Waals surface area contributed by atoms with Gasteiger partial charge in [0, 0.05) is 11.6 Å². The van der Waals surface area contributed by atoms with E-state index < -0.39 is 16.1 Å². The van der Waals surface area contributed by atoms with Gasteiger partial charge in [-0.15, -0.1) is 0 Å². The number of nitrogens with one attached hydrogen (secondary N) is 1. The lowest BCUT2D eigenvalue weighted by Crippen LogP contribution is -2.44. The molecule has 0 spiro atoms. The lowest BCUT2D eigenvalue weighted by molar-refractivity contribution is 0.234. The third-order valence-corrected chi connectivity index (χ3v) is 6.75. The van der Waals surface area contributed by atoms with Gasteiger partial charge in [-0.1, -0.05) is 75.1 Å². The predicted molar refractivity (Wildman–Crippen MR) is 102 cm³/mol. The molecule has 1 aliphatic rings. The first-order valence-corrected chi connectivity index (χ1v) is 10.9. The van der Waals surface area contributed by atoms with Crippen LogP contribution in [-0.2, 0) is 10.0 Å². The number of sulfonamides is 1. The summed E-state index contributed by atoms with van der Waals surface area (Å²) in [4.78, 5) is 12.1. The highest BCUT2D eigenvalue weighted by Crippen LogP contribution is 2.38. The summed E-state index contributed by atoms with van der Waals surface area (Å²) in [6.07, 6.45) is 8.66. The van der Waals surface area contributed by atoms with E-state index in [1.165, 1.54) is 37.8 Å². The van der Waals surface area contributed by atoms with Gasteiger partial charge in [0.05, 0.1) is 10.7 Å². The largest absolute Gasteiger partial charge is 0.335 e. The smallest absolute Gasteiger partial charge is 0.306 e. The van der Waals surface area contributed by atoms with Crippen molar-refractivity contribution in [3.05, 3.63) is 22.2 Å². The van der Waals surface area contributed by atoms with Crippen LogP contribution in [0.2, 0.25) is 10.0 Å². The molecule has 0 radical (unpaired) electrons. The van der Waals surface area contributed by atoms with Gasteiger partial charge < -0.3 is 5.32 Å². The number of fused-ring (bicyclic) bond motifs is 1. The summed E-state index contributed by atoms with van der Waals surface area (Å²) in [5.41, 5.74) is 0.134. The topological polar surface area (TPSA) is 66.5 Å². The maximum Gasteiger partial charge on any atom is 0.335 e. The molecule has 25 heavy (non-hydrogen) atoms. The van der Waals surface area contributed by atoms with Crippen LogP contribution in [0.4, 0.5) is 10.5 Å². The molecule has 1 aliphatic heterocycles. The van der Waals surface area contributed by atoms with Gasteiger partial charge in [-0.3, -0.25) is 0 Å². The Morgan fingerprint density at radius 2 is 1.60 bits per heavy atom. The Bertz CT molecular complexity index is 723. The first-order chi connectivity index (χ1) is 11.9. The minimum Gasteiger partial charge on any atom is -0.306 e. The maximum absolute atomic E-state index is 12.7. The summed E-state index contributed by atoms with van der Waals surface area (Å²) in [6.45, 7) is 2.34. The molecular formula is C17H24Cl2N2O3S. The molecule has 1 N–H and O–H groups in total. The van der Waals surface area contributed by atoms with Crippen molar-refractivity contribution in [1.82, 2.24) is 4.31 Å². The molecule has 140 valence electrons. The third-order valence-electron chi connectivity index (χ3n) is 4.24. The first kappa shape index (κ1) is 20.3.